The van der Waals surface area contributed by atoms with Gasteiger partial charge in [-0.25, -0.2) is 0 Å². The van der Waals surface area contributed by atoms with Gasteiger partial charge in [0.05, 0.1) is 0 Å². The van der Waals surface area contributed by atoms with Crippen LogP contribution in [0.1, 0.15) is 42.1 Å². The van der Waals surface area contributed by atoms with Gasteiger partial charge >= 0.3 is 0 Å². The van der Waals surface area contributed by atoms with Crippen molar-refractivity contribution in [2.24, 2.45) is 11.1 Å². The second kappa shape index (κ2) is 2.99. The molecular formula is C13H19NO. The third-order valence-electron chi connectivity index (χ3n) is 3.65. The highest BCUT2D eigenvalue weighted by Crippen LogP contribution is 2.49. The molecule has 1 aromatic rings. The first-order valence-corrected chi connectivity index (χ1v) is 5.42. The lowest BCUT2D eigenvalue weighted by Gasteiger charge is -2.23. The van der Waals surface area contributed by atoms with Gasteiger partial charge in [0.25, 0.3) is 0 Å². The van der Waals surface area contributed by atoms with E-state index in [1.165, 1.54) is 11.1 Å². The highest BCUT2D eigenvalue weighted by Gasteiger charge is 2.39. The average molecular weight is 205 g/mol. The number of benzene rings is 1. The second-order valence-electron chi connectivity index (χ2n) is 5.39. The van der Waals surface area contributed by atoms with E-state index in [4.69, 9.17) is 5.73 Å². The molecule has 0 heterocycles. The molecule has 2 rings (SSSR count). The minimum atomic E-state index is -0.0499. The third kappa shape index (κ3) is 1.36. The Morgan fingerprint density at radius 1 is 1.33 bits per heavy atom. The molecule has 2 nitrogen and oxygen atoms in total. The van der Waals surface area contributed by atoms with E-state index in [1.807, 2.05) is 13.0 Å². The molecule has 0 unspecified atom stereocenters. The van der Waals surface area contributed by atoms with Gasteiger partial charge < -0.3 is 10.8 Å². The van der Waals surface area contributed by atoms with E-state index in [2.05, 4.69) is 20.8 Å². The summed E-state index contributed by atoms with van der Waals surface area (Å²) in [4.78, 5) is 0. The van der Waals surface area contributed by atoms with Gasteiger partial charge in [0.1, 0.15) is 5.75 Å². The topological polar surface area (TPSA) is 46.2 Å². The predicted molar refractivity (Wildman–Crippen MR) is 62.0 cm³/mol. The van der Waals surface area contributed by atoms with Crippen molar-refractivity contribution < 1.29 is 5.11 Å². The number of aryl methyl sites for hydroxylation is 2. The van der Waals surface area contributed by atoms with E-state index >= 15 is 0 Å². The van der Waals surface area contributed by atoms with E-state index in [0.717, 1.165) is 17.5 Å². The van der Waals surface area contributed by atoms with Crippen LogP contribution < -0.4 is 5.73 Å². The molecule has 3 N–H and O–H groups in total. The lowest BCUT2D eigenvalue weighted by Crippen LogP contribution is -2.24. The van der Waals surface area contributed by atoms with Gasteiger partial charge in [-0.05, 0) is 42.4 Å². The van der Waals surface area contributed by atoms with Crippen LogP contribution >= 0.6 is 0 Å². The smallest absolute Gasteiger partial charge is 0.123 e. The second-order valence-corrected chi connectivity index (χ2v) is 5.39. The predicted octanol–water partition coefficient (Wildman–Crippen LogP) is 2.59. The Kier molecular flexibility index (Phi) is 2.09. The van der Waals surface area contributed by atoms with Crippen molar-refractivity contribution in [3.63, 3.8) is 0 Å². The minimum absolute atomic E-state index is 0.0499. The first-order chi connectivity index (χ1) is 6.84. The zero-order valence-electron chi connectivity index (χ0n) is 9.89. The number of rotatable bonds is 0. The fourth-order valence-electron chi connectivity index (χ4n) is 2.57. The average Bonchev–Trinajstić information content (AvgIpc) is 2.36. The molecule has 0 fully saturated rings. The van der Waals surface area contributed by atoms with E-state index in [-0.39, 0.29) is 11.5 Å². The summed E-state index contributed by atoms with van der Waals surface area (Å²) in [5.41, 5.74) is 10.7. The molecule has 0 saturated carbocycles. The van der Waals surface area contributed by atoms with Gasteiger partial charge in [0, 0.05) is 11.6 Å². The summed E-state index contributed by atoms with van der Waals surface area (Å²) in [6, 6.07) is 1.99. The Morgan fingerprint density at radius 2 is 1.93 bits per heavy atom. The van der Waals surface area contributed by atoms with Crippen molar-refractivity contribution in [3.05, 3.63) is 28.3 Å². The third-order valence-corrected chi connectivity index (χ3v) is 3.65. The van der Waals surface area contributed by atoms with Crippen LogP contribution in [0.5, 0.6) is 5.75 Å². The van der Waals surface area contributed by atoms with Crippen molar-refractivity contribution in [3.8, 4) is 5.75 Å². The Balaban J connectivity index is 2.69. The molecule has 2 heteroatoms. The maximum absolute atomic E-state index is 10.1. The van der Waals surface area contributed by atoms with E-state index in [9.17, 15) is 5.11 Å². The normalized spacial score (nSPS) is 22.9. The Morgan fingerprint density at radius 3 is 2.53 bits per heavy atom. The number of hydrogen-bond acceptors (Lipinski definition) is 2. The number of hydrogen-bond donors (Lipinski definition) is 2. The van der Waals surface area contributed by atoms with Crippen LogP contribution in [0.3, 0.4) is 0 Å². The molecule has 1 aromatic carbocycles. The van der Waals surface area contributed by atoms with Gasteiger partial charge in [0.15, 0.2) is 0 Å². The van der Waals surface area contributed by atoms with Crippen LogP contribution in [0.15, 0.2) is 6.07 Å². The molecule has 1 aliphatic rings. The molecule has 1 atom stereocenters. The molecule has 0 aromatic heterocycles. The highest BCUT2D eigenvalue weighted by molar-refractivity contribution is 5.54. The number of aromatic hydroxyl groups is 1. The molecule has 0 amide bonds. The largest absolute Gasteiger partial charge is 0.507 e. The molecule has 0 bridgehead atoms. The summed E-state index contributed by atoms with van der Waals surface area (Å²) in [5, 5.41) is 10.1. The monoisotopic (exact) mass is 205 g/mol. The zero-order valence-corrected chi connectivity index (χ0v) is 9.89. The van der Waals surface area contributed by atoms with Gasteiger partial charge in [-0.1, -0.05) is 19.9 Å². The van der Waals surface area contributed by atoms with Gasteiger partial charge in [-0.2, -0.15) is 0 Å². The van der Waals surface area contributed by atoms with Crippen molar-refractivity contribution in [1.29, 1.82) is 0 Å². The van der Waals surface area contributed by atoms with E-state index in [1.54, 1.807) is 0 Å². The van der Waals surface area contributed by atoms with E-state index < -0.39 is 0 Å². The molecule has 0 radical (unpaired) electrons. The molecular weight excluding hydrogens is 186 g/mol. The van der Waals surface area contributed by atoms with Crippen LogP contribution in [0.4, 0.5) is 0 Å². The first kappa shape index (κ1) is 10.5. The number of nitrogens with two attached hydrogens (primary N) is 1. The number of phenols is 1. The maximum Gasteiger partial charge on any atom is 0.123 e. The Labute approximate surface area is 91.1 Å². The van der Waals surface area contributed by atoms with Crippen molar-refractivity contribution in [1.82, 2.24) is 0 Å². The van der Waals surface area contributed by atoms with Crippen LogP contribution in [0.2, 0.25) is 0 Å². The summed E-state index contributed by atoms with van der Waals surface area (Å²) in [7, 11) is 0. The Bertz CT molecular complexity index is 421. The summed E-state index contributed by atoms with van der Waals surface area (Å²) < 4.78 is 0. The van der Waals surface area contributed by atoms with Gasteiger partial charge in [0.2, 0.25) is 0 Å². The molecule has 0 aliphatic heterocycles. The summed E-state index contributed by atoms with van der Waals surface area (Å²) in [5.74, 6) is 0.397. The molecule has 0 spiro atoms. The Hall–Kier alpha value is -1.02. The maximum atomic E-state index is 10.1. The standard InChI is InChI=1S/C13H19NO/c1-7-5-8(2)11(15)10-9(7)6-13(3,4)12(10)14/h5,12,15H,6,14H2,1-4H3/t12-/m1/s1. The van der Waals surface area contributed by atoms with E-state index in [0.29, 0.717) is 5.75 Å². The molecule has 0 saturated heterocycles. The molecule has 15 heavy (non-hydrogen) atoms. The van der Waals surface area contributed by atoms with Crippen LogP contribution in [-0.2, 0) is 6.42 Å². The van der Waals surface area contributed by atoms with Crippen LogP contribution in [-0.4, -0.2) is 5.11 Å². The van der Waals surface area contributed by atoms with Crippen LogP contribution in [0.25, 0.3) is 0 Å². The number of phenolic OH excluding ortho intramolecular Hbond substituents is 1. The van der Waals surface area contributed by atoms with Crippen molar-refractivity contribution in [2.45, 2.75) is 40.2 Å². The quantitative estimate of drug-likeness (QED) is 0.684. The van der Waals surface area contributed by atoms with Gasteiger partial charge in [-0.3, -0.25) is 0 Å². The highest BCUT2D eigenvalue weighted by atomic mass is 16.3. The summed E-state index contributed by atoms with van der Waals surface area (Å²) >= 11 is 0. The first-order valence-electron chi connectivity index (χ1n) is 5.42. The summed E-state index contributed by atoms with van der Waals surface area (Å²) in [6.45, 7) is 8.35. The molecule has 1 aliphatic carbocycles. The van der Waals surface area contributed by atoms with Gasteiger partial charge in [-0.15, -0.1) is 0 Å². The molecule has 82 valence electrons. The van der Waals surface area contributed by atoms with Crippen molar-refractivity contribution in [2.75, 3.05) is 0 Å². The minimum Gasteiger partial charge on any atom is -0.507 e. The lowest BCUT2D eigenvalue weighted by molar-refractivity contribution is 0.314. The lowest BCUT2D eigenvalue weighted by atomic mass is 9.86. The fraction of sp³-hybridized carbons (Fsp3) is 0.538. The van der Waals surface area contributed by atoms with Crippen molar-refractivity contribution >= 4 is 0 Å². The SMILES string of the molecule is Cc1cc(C)c2c(c1O)[C@@H](N)C(C)(C)C2. The summed E-state index contributed by atoms with van der Waals surface area (Å²) in [6.07, 6.45) is 0.961. The number of fused-ring (bicyclic) bond motifs is 1. The zero-order chi connectivity index (χ0) is 11.4. The van der Waals surface area contributed by atoms with Crippen LogP contribution in [0, 0.1) is 19.3 Å². The fourth-order valence-corrected chi connectivity index (χ4v) is 2.57.